The van der Waals surface area contributed by atoms with E-state index in [1.54, 1.807) is 16.7 Å². The molecule has 8 heteroatoms. The molecular formula is C22H35N3O4S. The van der Waals surface area contributed by atoms with Crippen molar-refractivity contribution in [2.45, 2.75) is 86.8 Å². The summed E-state index contributed by atoms with van der Waals surface area (Å²) in [4.78, 5) is 41.7. The lowest BCUT2D eigenvalue weighted by Crippen LogP contribution is -2.55. The molecule has 0 aromatic rings. The SMILES string of the molecule is CCCNC(=O)[C@@H]1[C@@H]2CCC3(S2)C(C(=O)NC2CCCCC2)N(CCCO)C(=O)[C@H]13. The number of rotatable bonds is 8. The predicted octanol–water partition coefficient (Wildman–Crippen LogP) is 1.44. The Kier molecular flexibility index (Phi) is 6.63. The van der Waals surface area contributed by atoms with Gasteiger partial charge in [-0.1, -0.05) is 26.2 Å². The lowest BCUT2D eigenvalue weighted by molar-refractivity contribution is -0.140. The van der Waals surface area contributed by atoms with E-state index in [1.807, 2.05) is 6.92 Å². The van der Waals surface area contributed by atoms with Crippen LogP contribution in [0.15, 0.2) is 0 Å². The number of nitrogens with one attached hydrogen (secondary N) is 2. The summed E-state index contributed by atoms with van der Waals surface area (Å²) >= 11 is 1.71. The summed E-state index contributed by atoms with van der Waals surface area (Å²) in [5.74, 6) is -0.951. The van der Waals surface area contributed by atoms with E-state index in [-0.39, 0.29) is 41.5 Å². The van der Waals surface area contributed by atoms with Crippen molar-refractivity contribution in [3.63, 3.8) is 0 Å². The molecule has 0 radical (unpaired) electrons. The summed E-state index contributed by atoms with van der Waals surface area (Å²) in [6, 6.07) is -0.355. The van der Waals surface area contributed by atoms with Crippen LogP contribution in [0.25, 0.3) is 0 Å². The fourth-order valence-corrected chi connectivity index (χ4v) is 8.35. The first kappa shape index (κ1) is 21.9. The minimum atomic E-state index is -0.539. The summed E-state index contributed by atoms with van der Waals surface area (Å²) < 4.78 is -0.510. The lowest BCUT2D eigenvalue weighted by Gasteiger charge is -2.35. The number of thioether (sulfide) groups is 1. The highest BCUT2D eigenvalue weighted by atomic mass is 32.2. The van der Waals surface area contributed by atoms with Crippen LogP contribution in [0, 0.1) is 11.8 Å². The highest BCUT2D eigenvalue weighted by Gasteiger charge is 2.73. The monoisotopic (exact) mass is 437 g/mol. The van der Waals surface area contributed by atoms with Crippen molar-refractivity contribution in [1.29, 1.82) is 0 Å². The van der Waals surface area contributed by atoms with E-state index in [9.17, 15) is 19.5 Å². The Hall–Kier alpha value is -1.28. The normalized spacial score (nSPS) is 35.5. The van der Waals surface area contributed by atoms with Gasteiger partial charge in [-0.3, -0.25) is 14.4 Å². The van der Waals surface area contributed by atoms with Crippen LogP contribution in [0.4, 0.5) is 0 Å². The van der Waals surface area contributed by atoms with Gasteiger partial charge >= 0.3 is 0 Å². The zero-order valence-corrected chi connectivity index (χ0v) is 18.7. The van der Waals surface area contributed by atoms with Gasteiger partial charge in [0.2, 0.25) is 17.7 Å². The van der Waals surface area contributed by atoms with Crippen molar-refractivity contribution < 1.29 is 19.5 Å². The summed E-state index contributed by atoms with van der Waals surface area (Å²) in [6.45, 7) is 2.97. The van der Waals surface area contributed by atoms with Gasteiger partial charge in [0.05, 0.1) is 16.6 Å². The summed E-state index contributed by atoms with van der Waals surface area (Å²) in [5, 5.41) is 15.7. The molecule has 4 aliphatic rings. The molecule has 3 heterocycles. The summed E-state index contributed by atoms with van der Waals surface area (Å²) in [6.07, 6.45) is 8.45. The number of hydrogen-bond donors (Lipinski definition) is 3. The second kappa shape index (κ2) is 9.07. The van der Waals surface area contributed by atoms with Crippen molar-refractivity contribution in [3.8, 4) is 0 Å². The summed E-state index contributed by atoms with van der Waals surface area (Å²) in [5.41, 5.74) is 0. The number of carbonyl (C=O) groups excluding carboxylic acids is 3. The van der Waals surface area contributed by atoms with Crippen LogP contribution in [-0.2, 0) is 14.4 Å². The topological polar surface area (TPSA) is 98.7 Å². The minimum absolute atomic E-state index is 0.0193. The van der Waals surface area contributed by atoms with Gasteiger partial charge in [-0.05, 0) is 38.5 Å². The third kappa shape index (κ3) is 3.64. The van der Waals surface area contributed by atoms with E-state index in [0.29, 0.717) is 19.5 Å². The first-order valence-corrected chi connectivity index (χ1v) is 12.6. The Morgan fingerprint density at radius 1 is 1.20 bits per heavy atom. The number of likely N-dealkylation sites (tertiary alicyclic amines) is 1. The highest BCUT2D eigenvalue weighted by molar-refractivity contribution is 8.02. The van der Waals surface area contributed by atoms with Gasteiger partial charge in [0.1, 0.15) is 6.04 Å². The van der Waals surface area contributed by atoms with Gasteiger partial charge in [0.15, 0.2) is 0 Å². The van der Waals surface area contributed by atoms with E-state index in [2.05, 4.69) is 10.6 Å². The van der Waals surface area contributed by atoms with E-state index in [1.165, 1.54) is 6.42 Å². The van der Waals surface area contributed by atoms with Crippen LogP contribution >= 0.6 is 11.8 Å². The number of amides is 3. The first-order chi connectivity index (χ1) is 14.5. The van der Waals surface area contributed by atoms with Crippen molar-refractivity contribution >= 4 is 29.5 Å². The predicted molar refractivity (Wildman–Crippen MR) is 116 cm³/mol. The smallest absolute Gasteiger partial charge is 0.244 e. The summed E-state index contributed by atoms with van der Waals surface area (Å²) in [7, 11) is 0. The van der Waals surface area contributed by atoms with E-state index >= 15 is 0 Å². The Morgan fingerprint density at radius 2 is 1.97 bits per heavy atom. The second-order valence-corrected chi connectivity index (χ2v) is 10.9. The number of aliphatic hydroxyl groups is 1. The van der Waals surface area contributed by atoms with Gasteiger partial charge in [-0.2, -0.15) is 0 Å². The molecule has 5 atom stereocenters. The van der Waals surface area contributed by atoms with Gasteiger partial charge in [-0.15, -0.1) is 11.8 Å². The zero-order valence-electron chi connectivity index (χ0n) is 17.9. The van der Waals surface area contributed by atoms with Crippen molar-refractivity contribution in [1.82, 2.24) is 15.5 Å². The molecule has 7 nitrogen and oxygen atoms in total. The average molecular weight is 438 g/mol. The Balaban J connectivity index is 1.60. The molecule has 0 aromatic heterocycles. The molecule has 30 heavy (non-hydrogen) atoms. The lowest BCUT2D eigenvalue weighted by atomic mass is 9.70. The van der Waals surface area contributed by atoms with Crippen molar-refractivity contribution in [2.75, 3.05) is 19.7 Å². The largest absolute Gasteiger partial charge is 0.396 e. The number of hydrogen-bond acceptors (Lipinski definition) is 5. The van der Waals surface area contributed by atoms with Gasteiger partial charge < -0.3 is 20.6 Å². The van der Waals surface area contributed by atoms with Gasteiger partial charge in [-0.25, -0.2) is 0 Å². The van der Waals surface area contributed by atoms with E-state index < -0.39 is 16.7 Å². The molecule has 1 aliphatic carbocycles. The molecule has 3 saturated heterocycles. The van der Waals surface area contributed by atoms with Crippen LogP contribution in [0.3, 0.4) is 0 Å². The molecule has 3 amide bonds. The first-order valence-electron chi connectivity index (χ1n) is 11.7. The number of carbonyl (C=O) groups is 3. The van der Waals surface area contributed by atoms with Crippen LogP contribution in [0.2, 0.25) is 0 Å². The van der Waals surface area contributed by atoms with E-state index in [0.717, 1.165) is 44.9 Å². The molecule has 168 valence electrons. The average Bonchev–Trinajstić information content (AvgIpc) is 3.38. The number of aliphatic hydroxyl groups excluding tert-OH is 1. The Labute approximate surface area is 183 Å². The molecule has 2 bridgehead atoms. The van der Waals surface area contributed by atoms with Crippen molar-refractivity contribution in [2.24, 2.45) is 11.8 Å². The molecule has 0 aromatic carbocycles. The van der Waals surface area contributed by atoms with Gasteiger partial charge in [0, 0.05) is 31.0 Å². The Bertz CT molecular complexity index is 683. The number of fused-ring (bicyclic) bond motifs is 1. The van der Waals surface area contributed by atoms with Crippen LogP contribution in [-0.4, -0.2) is 69.5 Å². The maximum Gasteiger partial charge on any atom is 0.244 e. The molecule has 2 unspecified atom stereocenters. The molecule has 1 spiro atoms. The Morgan fingerprint density at radius 3 is 2.67 bits per heavy atom. The fraction of sp³-hybridized carbons (Fsp3) is 0.864. The van der Waals surface area contributed by atoms with Gasteiger partial charge in [0.25, 0.3) is 0 Å². The third-order valence-electron chi connectivity index (χ3n) is 7.41. The molecule has 1 saturated carbocycles. The second-order valence-electron chi connectivity index (χ2n) is 9.30. The highest BCUT2D eigenvalue weighted by Crippen LogP contribution is 2.66. The fourth-order valence-electron chi connectivity index (χ4n) is 6.13. The van der Waals surface area contributed by atoms with Crippen molar-refractivity contribution in [3.05, 3.63) is 0 Å². The standard InChI is InChI=1S/C22H35N3O4S/c1-2-11-23-19(27)16-15-9-10-22(30-15)17(16)21(29)25(12-6-13-26)18(22)20(28)24-14-7-4-3-5-8-14/h14-18,26H,2-13H2,1H3,(H,23,27)(H,24,28)/t15-,16+,17-,18?,22?/m0/s1. The maximum atomic E-state index is 13.5. The maximum absolute atomic E-state index is 13.5. The quantitative estimate of drug-likeness (QED) is 0.534. The molecule has 3 N–H and O–H groups in total. The van der Waals surface area contributed by atoms with Crippen LogP contribution < -0.4 is 10.6 Å². The molecule has 4 rings (SSSR count). The molecule has 4 fully saturated rings. The van der Waals surface area contributed by atoms with Crippen LogP contribution in [0.5, 0.6) is 0 Å². The molecular weight excluding hydrogens is 402 g/mol. The zero-order chi connectivity index (χ0) is 21.3. The van der Waals surface area contributed by atoms with E-state index in [4.69, 9.17) is 0 Å². The van der Waals surface area contributed by atoms with Crippen LogP contribution in [0.1, 0.15) is 64.7 Å². The third-order valence-corrected chi connectivity index (χ3v) is 9.36. The molecule has 3 aliphatic heterocycles. The number of nitrogens with zero attached hydrogens (tertiary/aromatic N) is 1. The minimum Gasteiger partial charge on any atom is -0.396 e.